The quantitative estimate of drug-likeness (QED) is 0.376. The molecule has 0 spiro atoms. The van der Waals surface area contributed by atoms with Gasteiger partial charge in [0.2, 0.25) is 5.91 Å². The summed E-state index contributed by atoms with van der Waals surface area (Å²) in [5.74, 6) is -0.622. The highest BCUT2D eigenvalue weighted by atomic mass is 16.6. The third kappa shape index (κ3) is 8.62. The van der Waals surface area contributed by atoms with Gasteiger partial charge in [-0.25, -0.2) is 4.79 Å². The second kappa shape index (κ2) is 13.3. The number of ether oxygens (including phenoxy) is 1. The summed E-state index contributed by atoms with van der Waals surface area (Å²) >= 11 is 0. The van der Waals surface area contributed by atoms with Crippen molar-refractivity contribution in [2.75, 3.05) is 18.4 Å². The van der Waals surface area contributed by atoms with Gasteiger partial charge in [-0.2, -0.15) is 0 Å². The minimum Gasteiger partial charge on any atom is -0.444 e. The van der Waals surface area contributed by atoms with E-state index in [2.05, 4.69) is 17.6 Å². The molecule has 2 aromatic carbocycles. The van der Waals surface area contributed by atoms with Crippen molar-refractivity contribution < 1.29 is 19.1 Å². The van der Waals surface area contributed by atoms with Crippen molar-refractivity contribution >= 4 is 23.6 Å². The molecule has 1 unspecified atom stereocenters. The Morgan fingerprint density at radius 1 is 0.892 bits per heavy atom. The lowest BCUT2D eigenvalue weighted by Gasteiger charge is -2.33. The van der Waals surface area contributed by atoms with Gasteiger partial charge in [-0.1, -0.05) is 56.2 Å². The number of rotatable bonds is 10. The van der Waals surface area contributed by atoms with E-state index >= 15 is 0 Å². The van der Waals surface area contributed by atoms with Gasteiger partial charge < -0.3 is 20.3 Å². The Labute approximate surface area is 222 Å². The summed E-state index contributed by atoms with van der Waals surface area (Å²) in [5, 5.41) is 5.68. The van der Waals surface area contributed by atoms with Gasteiger partial charge in [0, 0.05) is 12.2 Å². The Hall–Kier alpha value is -3.35. The van der Waals surface area contributed by atoms with Crippen LogP contribution in [-0.2, 0) is 14.3 Å². The van der Waals surface area contributed by atoms with E-state index < -0.39 is 17.7 Å². The summed E-state index contributed by atoms with van der Waals surface area (Å²) in [6.45, 7) is 15.3. The molecule has 0 saturated carbocycles. The molecular weight excluding hydrogens is 466 g/mol. The third-order valence-electron chi connectivity index (χ3n) is 6.21. The molecule has 0 saturated heterocycles. The normalized spacial score (nSPS) is 12.0. The van der Waals surface area contributed by atoms with Crippen LogP contribution in [0.25, 0.3) is 0 Å². The van der Waals surface area contributed by atoms with Crippen LogP contribution >= 0.6 is 0 Å². The Bertz CT molecular complexity index is 1060. The Morgan fingerprint density at radius 2 is 1.43 bits per heavy atom. The average molecular weight is 510 g/mol. The van der Waals surface area contributed by atoms with E-state index in [1.54, 1.807) is 25.7 Å². The number of hydrogen-bond acceptors (Lipinski definition) is 4. The molecule has 2 N–H and O–H groups in total. The van der Waals surface area contributed by atoms with Crippen LogP contribution in [0, 0.1) is 27.7 Å². The van der Waals surface area contributed by atoms with Crippen LogP contribution in [0.15, 0.2) is 36.4 Å². The Morgan fingerprint density at radius 3 is 1.95 bits per heavy atom. The molecule has 2 rings (SSSR count). The zero-order valence-corrected chi connectivity index (χ0v) is 23.7. The van der Waals surface area contributed by atoms with Crippen molar-refractivity contribution in [2.45, 2.75) is 86.3 Å². The van der Waals surface area contributed by atoms with Crippen LogP contribution in [0.2, 0.25) is 0 Å². The average Bonchev–Trinajstić information content (AvgIpc) is 2.79. The fourth-order valence-electron chi connectivity index (χ4n) is 4.38. The molecule has 0 aliphatic rings. The van der Waals surface area contributed by atoms with Crippen LogP contribution < -0.4 is 10.6 Å². The summed E-state index contributed by atoms with van der Waals surface area (Å²) < 4.78 is 5.30. The maximum absolute atomic E-state index is 14.0. The number of unbranched alkanes of at least 4 members (excludes halogenated alkanes) is 2. The number of nitrogens with one attached hydrogen (secondary N) is 2. The van der Waals surface area contributed by atoms with Crippen molar-refractivity contribution in [1.82, 2.24) is 10.2 Å². The summed E-state index contributed by atoms with van der Waals surface area (Å²) in [6, 6.07) is 10.8. The highest BCUT2D eigenvalue weighted by Crippen LogP contribution is 2.31. The lowest BCUT2D eigenvalue weighted by atomic mass is 9.93. The molecule has 0 aromatic heterocycles. The van der Waals surface area contributed by atoms with E-state index in [1.165, 1.54) is 0 Å². The highest BCUT2D eigenvalue weighted by Gasteiger charge is 2.34. The molecule has 2 aromatic rings. The number of alkyl carbamates (subject to hydrolysis) is 1. The minimum atomic E-state index is -0.856. The van der Waals surface area contributed by atoms with E-state index in [0.717, 1.165) is 52.8 Å². The molecular formula is C30H43N3O4. The molecule has 0 bridgehead atoms. The topological polar surface area (TPSA) is 87.7 Å². The predicted octanol–water partition coefficient (Wildman–Crippen LogP) is 6.14. The number of para-hydroxylation sites is 1. The van der Waals surface area contributed by atoms with Gasteiger partial charge in [-0.3, -0.25) is 9.59 Å². The lowest BCUT2D eigenvalue weighted by molar-refractivity contribution is -0.138. The summed E-state index contributed by atoms with van der Waals surface area (Å²) in [4.78, 5) is 41.5. The number of anilines is 1. The molecule has 0 heterocycles. The van der Waals surface area contributed by atoms with Crippen LogP contribution in [0.1, 0.15) is 80.8 Å². The van der Waals surface area contributed by atoms with Gasteiger partial charge in [0.1, 0.15) is 18.2 Å². The first kappa shape index (κ1) is 29.9. The standard InChI is InChI=1S/C30H43N3O4/c1-9-10-11-18-33(24(34)19-31-29(36)37-30(6,7)8)27(25-20(2)14-12-15-21(25)3)28(35)32-26-22(4)16-13-17-23(26)5/h12-17,27H,9-11,18-19H2,1-8H3,(H,31,36)(H,32,35). The van der Waals surface area contributed by atoms with Crippen LogP contribution in [-0.4, -0.2) is 41.5 Å². The number of nitrogens with zero attached hydrogens (tertiary/aromatic N) is 1. The van der Waals surface area contributed by atoms with E-state index in [9.17, 15) is 14.4 Å². The number of hydrogen-bond donors (Lipinski definition) is 2. The van der Waals surface area contributed by atoms with Gasteiger partial charge in [-0.15, -0.1) is 0 Å². The number of aryl methyl sites for hydroxylation is 4. The van der Waals surface area contributed by atoms with Crippen molar-refractivity contribution in [3.63, 3.8) is 0 Å². The predicted molar refractivity (Wildman–Crippen MR) is 149 cm³/mol. The maximum Gasteiger partial charge on any atom is 0.408 e. The summed E-state index contributed by atoms with van der Waals surface area (Å²) in [6.07, 6.45) is 1.97. The largest absolute Gasteiger partial charge is 0.444 e. The van der Waals surface area contributed by atoms with Gasteiger partial charge in [0.25, 0.3) is 5.91 Å². The van der Waals surface area contributed by atoms with Gasteiger partial charge >= 0.3 is 6.09 Å². The van der Waals surface area contributed by atoms with Crippen molar-refractivity contribution in [3.8, 4) is 0 Å². The highest BCUT2D eigenvalue weighted by molar-refractivity contribution is 5.99. The number of carbonyl (C=O) groups is 3. The first-order chi connectivity index (χ1) is 17.4. The second-order valence-corrected chi connectivity index (χ2v) is 10.6. The minimum absolute atomic E-state index is 0.265. The maximum atomic E-state index is 14.0. The second-order valence-electron chi connectivity index (χ2n) is 10.6. The smallest absolute Gasteiger partial charge is 0.408 e. The molecule has 0 aliphatic carbocycles. The Kier molecular flexibility index (Phi) is 10.7. The van der Waals surface area contributed by atoms with E-state index in [0.29, 0.717) is 6.54 Å². The molecule has 0 aliphatic heterocycles. The fourth-order valence-corrected chi connectivity index (χ4v) is 4.38. The number of amides is 3. The SMILES string of the molecule is CCCCCN(C(=O)CNC(=O)OC(C)(C)C)C(C(=O)Nc1c(C)cccc1C)c1c(C)cccc1C. The first-order valence-electron chi connectivity index (χ1n) is 13.0. The number of carbonyl (C=O) groups excluding carboxylic acids is 3. The van der Waals surface area contributed by atoms with Crippen LogP contribution in [0.5, 0.6) is 0 Å². The van der Waals surface area contributed by atoms with Crippen LogP contribution in [0.3, 0.4) is 0 Å². The molecule has 3 amide bonds. The molecule has 0 fully saturated rings. The summed E-state index contributed by atoms with van der Waals surface area (Å²) in [7, 11) is 0. The van der Waals surface area contributed by atoms with E-state index in [-0.39, 0.29) is 18.4 Å². The number of benzene rings is 2. The van der Waals surface area contributed by atoms with E-state index in [1.807, 2.05) is 64.1 Å². The van der Waals surface area contributed by atoms with Gasteiger partial charge in [-0.05, 0) is 82.7 Å². The monoisotopic (exact) mass is 509 g/mol. The molecule has 7 nitrogen and oxygen atoms in total. The Balaban J connectivity index is 2.48. The zero-order valence-electron chi connectivity index (χ0n) is 23.7. The van der Waals surface area contributed by atoms with Crippen molar-refractivity contribution in [2.24, 2.45) is 0 Å². The molecule has 202 valence electrons. The molecule has 1 atom stereocenters. The zero-order chi connectivity index (χ0) is 27.8. The van der Waals surface area contributed by atoms with Gasteiger partial charge in [0.05, 0.1) is 0 Å². The first-order valence-corrected chi connectivity index (χ1v) is 13.0. The molecule has 37 heavy (non-hydrogen) atoms. The van der Waals surface area contributed by atoms with E-state index in [4.69, 9.17) is 4.74 Å². The van der Waals surface area contributed by atoms with Gasteiger partial charge in [0.15, 0.2) is 0 Å². The van der Waals surface area contributed by atoms with Crippen molar-refractivity contribution in [1.29, 1.82) is 0 Å². The molecule has 7 heteroatoms. The lowest BCUT2D eigenvalue weighted by Crippen LogP contribution is -2.47. The summed E-state index contributed by atoms with van der Waals surface area (Å²) in [5.41, 5.74) is 4.61. The van der Waals surface area contributed by atoms with Crippen LogP contribution in [0.4, 0.5) is 10.5 Å². The molecule has 0 radical (unpaired) electrons. The fraction of sp³-hybridized carbons (Fsp3) is 0.500. The van der Waals surface area contributed by atoms with Crippen molar-refractivity contribution in [3.05, 3.63) is 64.2 Å². The third-order valence-corrected chi connectivity index (χ3v) is 6.21.